The van der Waals surface area contributed by atoms with E-state index in [9.17, 15) is 29.4 Å². The van der Waals surface area contributed by atoms with Crippen LogP contribution in [0.15, 0.2) is 0 Å². The van der Waals surface area contributed by atoms with Crippen LogP contribution in [-0.4, -0.2) is 102 Å². The molecule has 0 spiro atoms. The molecule has 0 aromatic rings. The third kappa shape index (κ3) is 17.6. The Bertz CT molecular complexity index is 866. The van der Waals surface area contributed by atoms with Gasteiger partial charge in [-0.25, -0.2) is 0 Å². The number of carbonyl (C=O) groups is 4. The molecule has 46 heavy (non-hydrogen) atoms. The number of hydrogen-bond acceptors (Lipinski definition) is 13. The summed E-state index contributed by atoms with van der Waals surface area (Å²) in [5.41, 5.74) is 0. The van der Waals surface area contributed by atoms with E-state index in [0.717, 1.165) is 32.6 Å². The molecule has 0 aromatic heterocycles. The Balaban J connectivity index is 2.87. The zero-order chi connectivity index (χ0) is 34.3. The van der Waals surface area contributed by atoms with Crippen molar-refractivity contribution >= 4 is 23.9 Å². The quantitative estimate of drug-likeness (QED) is 0.0732. The number of ether oxygens (including phenoxy) is 6. The molecule has 13 nitrogen and oxygen atoms in total. The van der Waals surface area contributed by atoms with E-state index < -0.39 is 86.6 Å². The lowest BCUT2D eigenvalue weighted by Gasteiger charge is -2.44. The molecule has 0 amide bonds. The summed E-state index contributed by atoms with van der Waals surface area (Å²) in [6.45, 7) is 4.35. The van der Waals surface area contributed by atoms with E-state index in [2.05, 4.69) is 6.92 Å². The minimum Gasteiger partial charge on any atom is -0.463 e. The van der Waals surface area contributed by atoms with Crippen molar-refractivity contribution in [2.45, 2.75) is 167 Å². The summed E-state index contributed by atoms with van der Waals surface area (Å²) in [5, 5.41) is 29.0. The van der Waals surface area contributed by atoms with Gasteiger partial charge in [-0.15, -0.1) is 0 Å². The standard InChI is InChI=1S/C33H58O13/c1-5-7-8-9-10-11-12-13-14-15-16-17-18-19-29(40)46-31-30(43-24(4)36)27(22-41-23(3)35)44-33(32(31)45-28(39)6-2)42-21-26(38)25(37)20-34/h25-27,30-34,37-38H,5-22H2,1-4H3. The second-order valence-electron chi connectivity index (χ2n) is 11.8. The third-order valence-corrected chi connectivity index (χ3v) is 7.71. The molecular weight excluding hydrogens is 604 g/mol. The predicted molar refractivity (Wildman–Crippen MR) is 166 cm³/mol. The SMILES string of the molecule is CCCCCCCCCCCCCCCC(=O)OC1C(OC(C)=O)C(COC(C)=O)OC(OCC(O)C(O)CO)C1OC(=O)CC. The first kappa shape index (κ1) is 41.7. The van der Waals surface area contributed by atoms with Crippen molar-refractivity contribution in [3.63, 3.8) is 0 Å². The molecule has 7 atom stereocenters. The van der Waals surface area contributed by atoms with E-state index in [1.165, 1.54) is 58.3 Å². The normalized spacial score (nSPS) is 22.5. The van der Waals surface area contributed by atoms with E-state index >= 15 is 0 Å². The molecule has 1 aliphatic rings. The fourth-order valence-corrected chi connectivity index (χ4v) is 5.10. The fourth-order valence-electron chi connectivity index (χ4n) is 5.10. The number of esters is 4. The highest BCUT2D eigenvalue weighted by molar-refractivity contribution is 5.71. The van der Waals surface area contributed by atoms with Crippen LogP contribution in [0.5, 0.6) is 0 Å². The Morgan fingerprint density at radius 1 is 0.674 bits per heavy atom. The average Bonchev–Trinajstić information content (AvgIpc) is 3.02. The molecule has 268 valence electrons. The minimum atomic E-state index is -1.54. The number of carbonyl (C=O) groups excluding carboxylic acids is 4. The van der Waals surface area contributed by atoms with Crippen molar-refractivity contribution in [2.75, 3.05) is 19.8 Å². The first-order valence-electron chi connectivity index (χ1n) is 17.0. The molecular formula is C33H58O13. The van der Waals surface area contributed by atoms with Crippen LogP contribution in [0.25, 0.3) is 0 Å². The monoisotopic (exact) mass is 662 g/mol. The zero-order valence-electron chi connectivity index (χ0n) is 28.2. The summed E-state index contributed by atoms with van der Waals surface area (Å²) in [5.74, 6) is -2.72. The van der Waals surface area contributed by atoms with Crippen molar-refractivity contribution in [1.29, 1.82) is 0 Å². The van der Waals surface area contributed by atoms with E-state index in [1.807, 2.05) is 0 Å². The molecule has 1 aliphatic heterocycles. The molecule has 1 heterocycles. The minimum absolute atomic E-state index is 0.0518. The summed E-state index contributed by atoms with van der Waals surface area (Å²) in [6.07, 6.45) is 4.95. The number of unbranched alkanes of at least 4 members (excludes halogenated alkanes) is 12. The molecule has 0 bridgehead atoms. The van der Waals surface area contributed by atoms with E-state index in [0.29, 0.717) is 6.42 Å². The van der Waals surface area contributed by atoms with Gasteiger partial charge in [0.05, 0.1) is 13.2 Å². The Morgan fingerprint density at radius 3 is 1.72 bits per heavy atom. The number of rotatable bonds is 25. The molecule has 0 aliphatic carbocycles. The summed E-state index contributed by atoms with van der Waals surface area (Å²) in [6, 6.07) is 0. The number of aliphatic hydroxyl groups excluding tert-OH is 3. The van der Waals surface area contributed by atoms with Crippen LogP contribution in [0.4, 0.5) is 0 Å². The Kier molecular flexibility index (Phi) is 22.5. The van der Waals surface area contributed by atoms with Gasteiger partial charge in [-0.05, 0) is 6.42 Å². The summed E-state index contributed by atoms with van der Waals surface area (Å²) < 4.78 is 33.3. The fraction of sp³-hybridized carbons (Fsp3) is 0.879. The molecule has 0 aromatic carbocycles. The van der Waals surface area contributed by atoms with E-state index in [1.54, 1.807) is 6.92 Å². The summed E-state index contributed by atoms with van der Waals surface area (Å²) in [4.78, 5) is 49.1. The first-order chi connectivity index (χ1) is 22.0. The van der Waals surface area contributed by atoms with Gasteiger partial charge in [-0.3, -0.25) is 19.2 Å². The highest BCUT2D eigenvalue weighted by Gasteiger charge is 2.53. The van der Waals surface area contributed by atoms with Gasteiger partial charge in [0.1, 0.15) is 24.9 Å². The highest BCUT2D eigenvalue weighted by atomic mass is 16.7. The maximum atomic E-state index is 13.0. The smallest absolute Gasteiger partial charge is 0.306 e. The Hall–Kier alpha value is -2.32. The molecule has 7 unspecified atom stereocenters. The van der Waals surface area contributed by atoms with Gasteiger partial charge in [0, 0.05) is 26.7 Å². The van der Waals surface area contributed by atoms with Gasteiger partial charge in [0.15, 0.2) is 24.6 Å². The third-order valence-electron chi connectivity index (χ3n) is 7.71. The van der Waals surface area contributed by atoms with Crippen molar-refractivity contribution in [3.05, 3.63) is 0 Å². The van der Waals surface area contributed by atoms with Crippen molar-refractivity contribution < 1.29 is 62.9 Å². The van der Waals surface area contributed by atoms with Crippen molar-refractivity contribution in [1.82, 2.24) is 0 Å². The van der Waals surface area contributed by atoms with Crippen LogP contribution < -0.4 is 0 Å². The second kappa shape index (κ2) is 24.8. The van der Waals surface area contributed by atoms with E-state index in [4.69, 9.17) is 33.5 Å². The lowest BCUT2D eigenvalue weighted by molar-refractivity contribution is -0.312. The van der Waals surface area contributed by atoms with Gasteiger partial charge in [-0.1, -0.05) is 90.9 Å². The van der Waals surface area contributed by atoms with Crippen molar-refractivity contribution in [2.24, 2.45) is 0 Å². The van der Waals surface area contributed by atoms with Gasteiger partial charge in [-0.2, -0.15) is 0 Å². The van der Waals surface area contributed by atoms with Crippen LogP contribution >= 0.6 is 0 Å². The molecule has 3 N–H and O–H groups in total. The molecule has 0 saturated carbocycles. The molecule has 13 heteroatoms. The molecule has 1 rings (SSSR count). The lowest BCUT2D eigenvalue weighted by Crippen LogP contribution is -2.63. The van der Waals surface area contributed by atoms with E-state index in [-0.39, 0.29) is 12.8 Å². The van der Waals surface area contributed by atoms with Crippen LogP contribution in [0.3, 0.4) is 0 Å². The topological polar surface area (TPSA) is 184 Å². The van der Waals surface area contributed by atoms with Gasteiger partial charge in [0.2, 0.25) is 0 Å². The van der Waals surface area contributed by atoms with Gasteiger partial charge < -0.3 is 43.7 Å². The maximum absolute atomic E-state index is 13.0. The number of hydrogen-bond donors (Lipinski definition) is 3. The molecule has 0 radical (unpaired) electrons. The predicted octanol–water partition coefficient (Wildman–Crippen LogP) is 3.65. The van der Waals surface area contributed by atoms with Crippen LogP contribution in [0, 0.1) is 0 Å². The van der Waals surface area contributed by atoms with Crippen LogP contribution in [-0.2, 0) is 47.6 Å². The Labute approximate surface area is 273 Å². The molecule has 1 fully saturated rings. The summed E-state index contributed by atoms with van der Waals surface area (Å²) in [7, 11) is 0. The molecule has 1 saturated heterocycles. The summed E-state index contributed by atoms with van der Waals surface area (Å²) >= 11 is 0. The van der Waals surface area contributed by atoms with Gasteiger partial charge >= 0.3 is 23.9 Å². The largest absolute Gasteiger partial charge is 0.463 e. The Morgan fingerprint density at radius 2 is 1.22 bits per heavy atom. The van der Waals surface area contributed by atoms with Crippen LogP contribution in [0.1, 0.15) is 124 Å². The van der Waals surface area contributed by atoms with Crippen molar-refractivity contribution in [3.8, 4) is 0 Å². The maximum Gasteiger partial charge on any atom is 0.306 e. The first-order valence-corrected chi connectivity index (χ1v) is 17.0. The van der Waals surface area contributed by atoms with Gasteiger partial charge in [0.25, 0.3) is 0 Å². The number of aliphatic hydroxyl groups is 3. The zero-order valence-corrected chi connectivity index (χ0v) is 28.2. The highest BCUT2D eigenvalue weighted by Crippen LogP contribution is 2.31. The average molecular weight is 663 g/mol. The second-order valence-corrected chi connectivity index (χ2v) is 11.8. The lowest BCUT2D eigenvalue weighted by atomic mass is 9.98. The van der Waals surface area contributed by atoms with Crippen LogP contribution in [0.2, 0.25) is 0 Å².